The molecular weight excluding hydrogens is 278 g/mol. The fourth-order valence-corrected chi connectivity index (χ4v) is 1.64. The van der Waals surface area contributed by atoms with Crippen molar-refractivity contribution in [3.63, 3.8) is 0 Å². The molecule has 0 aliphatic carbocycles. The molecule has 0 unspecified atom stereocenters. The molecule has 0 radical (unpaired) electrons. The molecular formula is C10H12BrNO4. The summed E-state index contributed by atoms with van der Waals surface area (Å²) in [5.74, 6) is -0.994. The number of aromatic hydroxyl groups is 1. The molecule has 0 aliphatic rings. The Morgan fingerprint density at radius 3 is 2.75 bits per heavy atom. The molecule has 5 nitrogen and oxygen atoms in total. The lowest BCUT2D eigenvalue weighted by atomic mass is 10.1. The molecule has 0 spiro atoms. The molecule has 1 aromatic rings. The first-order valence-electron chi connectivity index (χ1n) is 4.61. The molecule has 0 bridgehead atoms. The van der Waals surface area contributed by atoms with Gasteiger partial charge >= 0.3 is 5.97 Å². The van der Waals surface area contributed by atoms with Gasteiger partial charge < -0.3 is 20.7 Å². The van der Waals surface area contributed by atoms with Crippen LogP contribution < -0.4 is 10.5 Å². The van der Waals surface area contributed by atoms with Gasteiger partial charge in [-0.1, -0.05) is 0 Å². The Hall–Kier alpha value is -1.27. The van der Waals surface area contributed by atoms with E-state index < -0.39 is 12.0 Å². The summed E-state index contributed by atoms with van der Waals surface area (Å²) in [4.78, 5) is 10.7. The van der Waals surface area contributed by atoms with Crippen LogP contribution in [0.5, 0.6) is 11.5 Å². The minimum atomic E-state index is -1.14. The third-order valence-corrected chi connectivity index (χ3v) is 2.58. The van der Waals surface area contributed by atoms with E-state index in [-0.39, 0.29) is 11.5 Å². The van der Waals surface area contributed by atoms with Gasteiger partial charge in [-0.05, 0) is 40.5 Å². The molecule has 0 amide bonds. The first-order valence-corrected chi connectivity index (χ1v) is 5.40. The lowest BCUT2D eigenvalue weighted by molar-refractivity contribution is -0.138. The summed E-state index contributed by atoms with van der Waals surface area (Å²) in [6, 6.07) is 1.73. The van der Waals surface area contributed by atoms with Crippen LogP contribution in [0.2, 0.25) is 0 Å². The molecule has 1 rings (SSSR count). The van der Waals surface area contributed by atoms with E-state index in [1.807, 2.05) is 0 Å². The van der Waals surface area contributed by atoms with Gasteiger partial charge in [0.05, 0.1) is 11.1 Å². The fraction of sp³-hybridized carbons (Fsp3) is 0.300. The predicted octanol–water partition coefficient (Wildman–Crippen LogP) is 1.64. The van der Waals surface area contributed by atoms with Crippen molar-refractivity contribution in [1.29, 1.82) is 0 Å². The number of carboxylic acid groups (broad SMARTS) is 1. The minimum Gasteiger partial charge on any atom is -0.503 e. The Labute approximate surface area is 101 Å². The second kappa shape index (κ2) is 5.18. The van der Waals surface area contributed by atoms with E-state index in [1.54, 1.807) is 6.92 Å². The van der Waals surface area contributed by atoms with Gasteiger partial charge in [0.1, 0.15) is 6.04 Å². The van der Waals surface area contributed by atoms with Crippen molar-refractivity contribution < 1.29 is 19.7 Å². The van der Waals surface area contributed by atoms with Gasteiger partial charge in [-0.3, -0.25) is 4.79 Å². The highest BCUT2D eigenvalue weighted by molar-refractivity contribution is 9.10. The van der Waals surface area contributed by atoms with Crippen LogP contribution in [0.1, 0.15) is 18.5 Å². The van der Waals surface area contributed by atoms with Crippen LogP contribution >= 0.6 is 15.9 Å². The van der Waals surface area contributed by atoms with Crippen LogP contribution in [0.4, 0.5) is 0 Å². The molecule has 1 aromatic carbocycles. The molecule has 0 saturated heterocycles. The van der Waals surface area contributed by atoms with Crippen molar-refractivity contribution in [3.8, 4) is 11.5 Å². The summed E-state index contributed by atoms with van der Waals surface area (Å²) >= 11 is 3.11. The number of nitrogens with two attached hydrogens (primary N) is 1. The molecule has 0 aromatic heterocycles. The normalized spacial score (nSPS) is 12.2. The topological polar surface area (TPSA) is 92.8 Å². The maximum atomic E-state index is 10.7. The van der Waals surface area contributed by atoms with Gasteiger partial charge in [0.2, 0.25) is 0 Å². The molecule has 88 valence electrons. The Kier molecular flexibility index (Phi) is 4.14. The molecule has 4 N–H and O–H groups in total. The Morgan fingerprint density at radius 2 is 2.25 bits per heavy atom. The lowest BCUT2D eigenvalue weighted by Crippen LogP contribution is -2.20. The summed E-state index contributed by atoms with van der Waals surface area (Å²) in [5, 5.41) is 18.4. The average molecular weight is 290 g/mol. The van der Waals surface area contributed by atoms with E-state index in [9.17, 15) is 9.90 Å². The highest BCUT2D eigenvalue weighted by Crippen LogP contribution is 2.36. The van der Waals surface area contributed by atoms with E-state index >= 15 is 0 Å². The van der Waals surface area contributed by atoms with Crippen LogP contribution in [0.25, 0.3) is 0 Å². The zero-order valence-electron chi connectivity index (χ0n) is 8.61. The second-order valence-corrected chi connectivity index (χ2v) is 3.95. The van der Waals surface area contributed by atoms with Crippen molar-refractivity contribution in [3.05, 3.63) is 22.2 Å². The number of hydrogen-bond acceptors (Lipinski definition) is 4. The van der Waals surface area contributed by atoms with Gasteiger partial charge in [-0.15, -0.1) is 0 Å². The number of carboxylic acids is 1. The van der Waals surface area contributed by atoms with E-state index in [2.05, 4.69) is 15.9 Å². The number of phenols is 1. The van der Waals surface area contributed by atoms with Crippen LogP contribution in [-0.4, -0.2) is 22.8 Å². The summed E-state index contributed by atoms with van der Waals surface area (Å²) in [5.41, 5.74) is 5.83. The number of phenolic OH excluding ortho intramolecular Hbond substituents is 1. The number of ether oxygens (including phenoxy) is 1. The molecule has 0 aliphatic heterocycles. The Bertz CT molecular complexity index is 408. The molecule has 16 heavy (non-hydrogen) atoms. The van der Waals surface area contributed by atoms with Gasteiger partial charge in [0.25, 0.3) is 0 Å². The van der Waals surface area contributed by atoms with E-state index in [4.69, 9.17) is 15.6 Å². The molecule has 1 atom stereocenters. The number of benzene rings is 1. The SMILES string of the molecule is CCOc1cc([C@H](N)C(=O)O)cc(Br)c1O. The van der Waals surface area contributed by atoms with Crippen molar-refractivity contribution in [2.75, 3.05) is 6.61 Å². The van der Waals surface area contributed by atoms with Crippen molar-refractivity contribution >= 4 is 21.9 Å². The number of rotatable bonds is 4. The molecule has 0 heterocycles. The molecule has 6 heteroatoms. The number of halogens is 1. The monoisotopic (exact) mass is 289 g/mol. The Morgan fingerprint density at radius 1 is 1.62 bits per heavy atom. The Balaban J connectivity index is 3.17. The van der Waals surface area contributed by atoms with Crippen molar-refractivity contribution in [1.82, 2.24) is 0 Å². The van der Waals surface area contributed by atoms with Crippen molar-refractivity contribution in [2.45, 2.75) is 13.0 Å². The number of carbonyl (C=O) groups is 1. The summed E-state index contributed by atoms with van der Waals surface area (Å²) in [7, 11) is 0. The quantitative estimate of drug-likeness (QED) is 0.784. The largest absolute Gasteiger partial charge is 0.503 e. The van der Waals surface area contributed by atoms with E-state index in [1.165, 1.54) is 12.1 Å². The highest BCUT2D eigenvalue weighted by Gasteiger charge is 2.18. The zero-order chi connectivity index (χ0) is 12.3. The van der Waals surface area contributed by atoms with Crippen LogP contribution in [0, 0.1) is 0 Å². The first kappa shape index (κ1) is 12.8. The van der Waals surface area contributed by atoms with Gasteiger partial charge in [0.15, 0.2) is 11.5 Å². The smallest absolute Gasteiger partial charge is 0.325 e. The van der Waals surface area contributed by atoms with E-state index in [0.29, 0.717) is 16.6 Å². The summed E-state index contributed by atoms with van der Waals surface area (Å²) in [6.45, 7) is 2.13. The number of aliphatic carboxylic acids is 1. The van der Waals surface area contributed by atoms with Crippen LogP contribution in [-0.2, 0) is 4.79 Å². The fourth-order valence-electron chi connectivity index (χ4n) is 1.18. The third kappa shape index (κ3) is 2.65. The summed E-state index contributed by atoms with van der Waals surface area (Å²) < 4.78 is 5.51. The summed E-state index contributed by atoms with van der Waals surface area (Å²) in [6.07, 6.45) is 0. The van der Waals surface area contributed by atoms with Crippen molar-refractivity contribution in [2.24, 2.45) is 5.73 Å². The maximum absolute atomic E-state index is 10.7. The van der Waals surface area contributed by atoms with Gasteiger partial charge in [-0.25, -0.2) is 0 Å². The third-order valence-electron chi connectivity index (χ3n) is 1.98. The van der Waals surface area contributed by atoms with Gasteiger partial charge in [0, 0.05) is 0 Å². The highest BCUT2D eigenvalue weighted by atomic mass is 79.9. The minimum absolute atomic E-state index is 0.0665. The zero-order valence-corrected chi connectivity index (χ0v) is 10.2. The first-order chi connectivity index (χ1) is 7.47. The van der Waals surface area contributed by atoms with Crippen LogP contribution in [0.15, 0.2) is 16.6 Å². The maximum Gasteiger partial charge on any atom is 0.325 e. The second-order valence-electron chi connectivity index (χ2n) is 3.10. The predicted molar refractivity (Wildman–Crippen MR) is 61.5 cm³/mol. The number of hydrogen-bond donors (Lipinski definition) is 3. The standard InChI is InChI=1S/C10H12BrNO4/c1-2-16-7-4-5(8(12)10(14)15)3-6(11)9(7)13/h3-4,8,13H,2,12H2,1H3,(H,14,15)/t8-/m0/s1. The van der Waals surface area contributed by atoms with Gasteiger partial charge in [-0.2, -0.15) is 0 Å². The van der Waals surface area contributed by atoms with E-state index in [0.717, 1.165) is 0 Å². The lowest BCUT2D eigenvalue weighted by Gasteiger charge is -2.12. The molecule has 0 fully saturated rings. The van der Waals surface area contributed by atoms with Crippen LogP contribution in [0.3, 0.4) is 0 Å². The average Bonchev–Trinajstić information content (AvgIpc) is 2.23. The molecule has 0 saturated carbocycles.